The molecule has 6 nitrogen and oxygen atoms in total. The number of carbonyl (C=O) groups excluding carboxylic acids is 2. The van der Waals surface area contributed by atoms with Gasteiger partial charge in [0.25, 0.3) is 0 Å². The molecule has 0 unspecified atom stereocenters. The number of hydrogen-bond acceptors (Lipinski definition) is 4. The third-order valence-corrected chi connectivity index (χ3v) is 2.79. The molecule has 0 saturated carbocycles. The molecule has 6 heteroatoms. The average Bonchev–Trinajstić information content (AvgIpc) is 2.88. The second kappa shape index (κ2) is 6.94. The Bertz CT molecular complexity index is 415. The van der Waals surface area contributed by atoms with E-state index in [1.165, 1.54) is 0 Å². The molecule has 0 bridgehead atoms. The van der Waals surface area contributed by atoms with E-state index >= 15 is 0 Å². The third kappa shape index (κ3) is 4.75. The Morgan fingerprint density at radius 1 is 1.37 bits per heavy atom. The highest BCUT2D eigenvalue weighted by atomic mass is 16.3. The van der Waals surface area contributed by atoms with Crippen molar-refractivity contribution < 1.29 is 14.0 Å². The van der Waals surface area contributed by atoms with E-state index in [0.717, 1.165) is 0 Å². The van der Waals surface area contributed by atoms with Gasteiger partial charge in [0.1, 0.15) is 5.76 Å². The van der Waals surface area contributed by atoms with Gasteiger partial charge in [0.2, 0.25) is 11.8 Å². The molecule has 2 amide bonds. The molecule has 4 N–H and O–H groups in total. The van der Waals surface area contributed by atoms with Gasteiger partial charge in [-0.2, -0.15) is 0 Å². The van der Waals surface area contributed by atoms with Gasteiger partial charge in [0.15, 0.2) is 0 Å². The summed E-state index contributed by atoms with van der Waals surface area (Å²) < 4.78 is 5.17. The number of furan rings is 1. The van der Waals surface area contributed by atoms with Crippen molar-refractivity contribution in [1.82, 2.24) is 10.6 Å². The van der Waals surface area contributed by atoms with Crippen LogP contribution in [0.5, 0.6) is 0 Å². The maximum atomic E-state index is 11.6. The zero-order chi connectivity index (χ0) is 14.4. The summed E-state index contributed by atoms with van der Waals surface area (Å²) in [7, 11) is 0. The zero-order valence-corrected chi connectivity index (χ0v) is 11.5. The highest BCUT2D eigenvalue weighted by Gasteiger charge is 2.18. The summed E-state index contributed by atoms with van der Waals surface area (Å²) in [6.07, 6.45) is 1.54. The van der Waals surface area contributed by atoms with Crippen molar-refractivity contribution in [1.29, 1.82) is 0 Å². The molecule has 19 heavy (non-hydrogen) atoms. The lowest BCUT2D eigenvalue weighted by Crippen LogP contribution is -2.47. The minimum atomic E-state index is -0.602. The summed E-state index contributed by atoms with van der Waals surface area (Å²) in [6, 6.07) is 2.69. The van der Waals surface area contributed by atoms with Gasteiger partial charge in [-0.3, -0.25) is 9.59 Å². The maximum absolute atomic E-state index is 11.6. The minimum Gasteiger partial charge on any atom is -0.467 e. The molecule has 1 aromatic heterocycles. The highest BCUT2D eigenvalue weighted by Crippen LogP contribution is 2.11. The fourth-order valence-electron chi connectivity index (χ4n) is 1.49. The van der Waals surface area contributed by atoms with Crippen molar-refractivity contribution >= 4 is 11.8 Å². The highest BCUT2D eigenvalue weighted by molar-refractivity contribution is 5.87. The molecule has 1 heterocycles. The molecule has 0 radical (unpaired) electrons. The van der Waals surface area contributed by atoms with E-state index in [-0.39, 0.29) is 30.3 Å². The molecule has 2 atom stereocenters. The Hall–Kier alpha value is -1.82. The summed E-state index contributed by atoms with van der Waals surface area (Å²) in [4.78, 5) is 23.2. The normalized spacial score (nSPS) is 13.9. The minimum absolute atomic E-state index is 0.0325. The molecule has 0 saturated heterocycles. The monoisotopic (exact) mass is 267 g/mol. The number of nitrogens with two attached hydrogens (primary N) is 1. The largest absolute Gasteiger partial charge is 0.467 e. The van der Waals surface area contributed by atoms with Gasteiger partial charge < -0.3 is 20.8 Å². The van der Waals surface area contributed by atoms with Crippen LogP contribution >= 0.6 is 0 Å². The first-order chi connectivity index (χ1) is 8.91. The van der Waals surface area contributed by atoms with Crippen molar-refractivity contribution in [2.24, 2.45) is 11.7 Å². The maximum Gasteiger partial charge on any atom is 0.239 e. The number of nitrogens with one attached hydrogen (secondary N) is 2. The molecule has 0 aliphatic carbocycles. The molecule has 0 aliphatic rings. The predicted octanol–water partition coefficient (Wildman–Crippen LogP) is 0.556. The third-order valence-electron chi connectivity index (χ3n) is 2.79. The Morgan fingerprint density at radius 2 is 2.05 bits per heavy atom. The summed E-state index contributed by atoms with van der Waals surface area (Å²) in [6.45, 7) is 5.41. The molecular formula is C13H21N3O3. The van der Waals surface area contributed by atoms with Crippen molar-refractivity contribution in [2.45, 2.75) is 32.9 Å². The van der Waals surface area contributed by atoms with E-state index in [4.69, 9.17) is 10.2 Å². The molecule has 0 aromatic carbocycles. The van der Waals surface area contributed by atoms with E-state index in [0.29, 0.717) is 5.76 Å². The molecular weight excluding hydrogens is 246 g/mol. The topological polar surface area (TPSA) is 97.4 Å². The summed E-state index contributed by atoms with van der Waals surface area (Å²) in [5.41, 5.74) is 5.67. The summed E-state index contributed by atoms with van der Waals surface area (Å²) in [5.74, 6) is 0.0904. The van der Waals surface area contributed by atoms with Gasteiger partial charge in [-0.1, -0.05) is 13.8 Å². The van der Waals surface area contributed by atoms with Crippen LogP contribution in [-0.2, 0) is 9.59 Å². The zero-order valence-electron chi connectivity index (χ0n) is 11.5. The fraction of sp³-hybridized carbons (Fsp3) is 0.538. The van der Waals surface area contributed by atoms with Crippen molar-refractivity contribution in [3.05, 3.63) is 24.2 Å². The van der Waals surface area contributed by atoms with Gasteiger partial charge in [-0.15, -0.1) is 0 Å². The number of carbonyl (C=O) groups is 2. The second-order valence-corrected chi connectivity index (χ2v) is 4.79. The smallest absolute Gasteiger partial charge is 0.239 e. The van der Waals surface area contributed by atoms with Gasteiger partial charge in [0, 0.05) is 0 Å². The quantitative estimate of drug-likeness (QED) is 0.701. The Balaban J connectivity index is 2.34. The van der Waals surface area contributed by atoms with Crippen LogP contribution in [0.15, 0.2) is 22.8 Å². The van der Waals surface area contributed by atoms with Gasteiger partial charge in [0.05, 0.1) is 24.9 Å². The Morgan fingerprint density at radius 3 is 2.58 bits per heavy atom. The number of rotatable bonds is 6. The van der Waals surface area contributed by atoms with E-state index in [1.54, 1.807) is 25.3 Å². The Kier molecular flexibility index (Phi) is 5.57. The van der Waals surface area contributed by atoms with Crippen LogP contribution < -0.4 is 16.4 Å². The fourth-order valence-corrected chi connectivity index (χ4v) is 1.49. The first-order valence-corrected chi connectivity index (χ1v) is 6.28. The van der Waals surface area contributed by atoms with Crippen LogP contribution in [0.3, 0.4) is 0 Å². The van der Waals surface area contributed by atoms with Crippen molar-refractivity contribution in [3.8, 4) is 0 Å². The van der Waals surface area contributed by atoms with Gasteiger partial charge in [-0.25, -0.2) is 0 Å². The second-order valence-electron chi connectivity index (χ2n) is 4.79. The molecule has 0 fully saturated rings. The number of hydrogen-bond donors (Lipinski definition) is 3. The molecule has 0 spiro atoms. The van der Waals surface area contributed by atoms with Gasteiger partial charge >= 0.3 is 0 Å². The van der Waals surface area contributed by atoms with Gasteiger partial charge in [-0.05, 0) is 25.0 Å². The van der Waals surface area contributed by atoms with Crippen LogP contribution in [0.4, 0.5) is 0 Å². The predicted molar refractivity (Wildman–Crippen MR) is 71.1 cm³/mol. The van der Waals surface area contributed by atoms with Crippen LogP contribution in [0.2, 0.25) is 0 Å². The lowest BCUT2D eigenvalue weighted by atomic mass is 10.1. The van der Waals surface area contributed by atoms with Crippen molar-refractivity contribution in [2.75, 3.05) is 6.54 Å². The van der Waals surface area contributed by atoms with E-state index in [9.17, 15) is 9.59 Å². The van der Waals surface area contributed by atoms with Crippen LogP contribution in [0.25, 0.3) is 0 Å². The van der Waals surface area contributed by atoms with Crippen LogP contribution in [0.1, 0.15) is 32.6 Å². The molecule has 1 rings (SSSR count). The van der Waals surface area contributed by atoms with Crippen LogP contribution in [-0.4, -0.2) is 24.4 Å². The first-order valence-electron chi connectivity index (χ1n) is 6.28. The molecule has 106 valence electrons. The van der Waals surface area contributed by atoms with Crippen LogP contribution in [0, 0.1) is 5.92 Å². The van der Waals surface area contributed by atoms with Crippen molar-refractivity contribution in [3.63, 3.8) is 0 Å². The standard InChI is InChI=1S/C13H21N3O3/c1-8(2)12(14)13(18)15-7-11(17)16-9(3)10-5-4-6-19-10/h4-6,8-9,12H,7,14H2,1-3H3,(H,15,18)(H,16,17)/t9-,12-/m0/s1. The lowest BCUT2D eigenvalue weighted by molar-refractivity contribution is -0.127. The Labute approximate surface area is 112 Å². The van der Waals surface area contributed by atoms with E-state index < -0.39 is 6.04 Å². The summed E-state index contributed by atoms with van der Waals surface area (Å²) in [5, 5.41) is 5.23. The first kappa shape index (κ1) is 15.2. The molecule has 1 aromatic rings. The van der Waals surface area contributed by atoms with E-state index in [1.807, 2.05) is 13.8 Å². The number of amides is 2. The summed E-state index contributed by atoms with van der Waals surface area (Å²) >= 11 is 0. The lowest BCUT2D eigenvalue weighted by Gasteiger charge is -2.16. The van der Waals surface area contributed by atoms with E-state index in [2.05, 4.69) is 10.6 Å². The molecule has 0 aliphatic heterocycles. The SMILES string of the molecule is CC(C)[C@H](N)C(=O)NCC(=O)N[C@@H](C)c1ccco1. The average molecular weight is 267 g/mol.